The van der Waals surface area contributed by atoms with Crippen LogP contribution in [0.15, 0.2) is 29.3 Å². The Morgan fingerprint density at radius 3 is 2.54 bits per heavy atom. The molecule has 0 bridgehead atoms. The minimum atomic E-state index is 0.626. The summed E-state index contributed by atoms with van der Waals surface area (Å²) in [5, 5.41) is 7.78. The zero-order chi connectivity index (χ0) is 18.8. The van der Waals surface area contributed by atoms with Crippen LogP contribution in [0.2, 0.25) is 0 Å². The summed E-state index contributed by atoms with van der Waals surface area (Å²) in [7, 11) is 1.70. The number of ether oxygens (including phenoxy) is 1. The van der Waals surface area contributed by atoms with E-state index in [1.54, 1.807) is 18.4 Å². The Balaban J connectivity index is 1.72. The summed E-state index contributed by atoms with van der Waals surface area (Å²) in [6.07, 6.45) is 3.33. The summed E-state index contributed by atoms with van der Waals surface area (Å²) in [5.41, 5.74) is 2.46. The first-order valence-corrected chi connectivity index (χ1v) is 10.0. The van der Waals surface area contributed by atoms with Crippen LogP contribution in [0.1, 0.15) is 40.9 Å². The zero-order valence-electron chi connectivity index (χ0n) is 16.3. The van der Waals surface area contributed by atoms with Gasteiger partial charge in [-0.3, -0.25) is 0 Å². The van der Waals surface area contributed by atoms with Crippen LogP contribution >= 0.6 is 11.3 Å². The number of benzene rings is 1. The predicted octanol–water partition coefficient (Wildman–Crippen LogP) is 3.85. The second kappa shape index (κ2) is 10.8. The summed E-state index contributed by atoms with van der Waals surface area (Å²) < 4.78 is 5.19. The van der Waals surface area contributed by atoms with E-state index in [0.717, 1.165) is 54.8 Å². The lowest BCUT2D eigenvalue weighted by Gasteiger charge is -2.11. The fraction of sp³-hybridized carbons (Fsp3) is 0.500. The van der Waals surface area contributed by atoms with Gasteiger partial charge in [0.2, 0.25) is 0 Å². The van der Waals surface area contributed by atoms with Gasteiger partial charge < -0.3 is 15.4 Å². The SMILES string of the molecule is CCNC(=NCc1nc(C)c(C)s1)NCCCCc1ccc(OC)cc1. The van der Waals surface area contributed by atoms with E-state index >= 15 is 0 Å². The molecule has 2 rings (SSSR count). The van der Waals surface area contributed by atoms with E-state index < -0.39 is 0 Å². The molecule has 0 aliphatic rings. The number of thiazole rings is 1. The topological polar surface area (TPSA) is 58.5 Å². The lowest BCUT2D eigenvalue weighted by atomic mass is 10.1. The van der Waals surface area contributed by atoms with Crippen molar-refractivity contribution in [2.24, 2.45) is 4.99 Å². The van der Waals surface area contributed by atoms with Gasteiger partial charge in [0.1, 0.15) is 10.8 Å². The molecule has 1 aromatic heterocycles. The monoisotopic (exact) mass is 374 g/mol. The molecule has 0 fully saturated rings. The number of rotatable bonds is 9. The van der Waals surface area contributed by atoms with Gasteiger partial charge in [0, 0.05) is 18.0 Å². The number of hydrogen-bond acceptors (Lipinski definition) is 4. The van der Waals surface area contributed by atoms with Gasteiger partial charge in [-0.15, -0.1) is 11.3 Å². The van der Waals surface area contributed by atoms with Crippen molar-refractivity contribution in [1.82, 2.24) is 15.6 Å². The maximum atomic E-state index is 5.19. The normalized spacial score (nSPS) is 11.5. The Bertz CT molecular complexity index is 675. The first-order chi connectivity index (χ1) is 12.6. The molecule has 0 aliphatic carbocycles. The molecular formula is C20H30N4OS. The van der Waals surface area contributed by atoms with Gasteiger partial charge in [0.15, 0.2) is 5.96 Å². The Hall–Kier alpha value is -2.08. The van der Waals surface area contributed by atoms with Crippen LogP contribution in [0.4, 0.5) is 0 Å². The summed E-state index contributed by atoms with van der Waals surface area (Å²) in [6, 6.07) is 8.31. The highest BCUT2D eigenvalue weighted by Gasteiger charge is 2.04. The van der Waals surface area contributed by atoms with Gasteiger partial charge in [-0.2, -0.15) is 0 Å². The van der Waals surface area contributed by atoms with Crippen LogP contribution in [0.3, 0.4) is 0 Å². The van der Waals surface area contributed by atoms with Gasteiger partial charge >= 0.3 is 0 Å². The number of aromatic nitrogens is 1. The van der Waals surface area contributed by atoms with Crippen molar-refractivity contribution in [2.45, 2.75) is 46.6 Å². The molecule has 0 unspecified atom stereocenters. The predicted molar refractivity (Wildman–Crippen MR) is 110 cm³/mol. The number of hydrogen-bond donors (Lipinski definition) is 2. The molecule has 142 valence electrons. The molecule has 2 aromatic rings. The van der Waals surface area contributed by atoms with Gasteiger partial charge in [0.25, 0.3) is 0 Å². The van der Waals surface area contributed by atoms with E-state index in [2.05, 4.69) is 46.6 Å². The van der Waals surface area contributed by atoms with Crippen molar-refractivity contribution >= 4 is 17.3 Å². The largest absolute Gasteiger partial charge is 0.497 e. The van der Waals surface area contributed by atoms with Crippen LogP contribution in [-0.4, -0.2) is 31.1 Å². The number of guanidine groups is 1. The first-order valence-electron chi connectivity index (χ1n) is 9.20. The van der Waals surface area contributed by atoms with Gasteiger partial charge in [-0.25, -0.2) is 9.98 Å². The van der Waals surface area contributed by atoms with Crippen molar-refractivity contribution in [3.05, 3.63) is 45.4 Å². The fourth-order valence-corrected chi connectivity index (χ4v) is 3.41. The van der Waals surface area contributed by atoms with E-state index in [0.29, 0.717) is 6.54 Å². The van der Waals surface area contributed by atoms with Crippen LogP contribution in [0, 0.1) is 13.8 Å². The number of aryl methyl sites for hydroxylation is 3. The average molecular weight is 375 g/mol. The molecule has 1 aromatic carbocycles. The summed E-state index contributed by atoms with van der Waals surface area (Å²) in [4.78, 5) is 10.5. The number of nitrogens with one attached hydrogen (secondary N) is 2. The maximum Gasteiger partial charge on any atom is 0.191 e. The van der Waals surface area contributed by atoms with E-state index in [4.69, 9.17) is 4.74 Å². The van der Waals surface area contributed by atoms with E-state index in [-0.39, 0.29) is 0 Å². The lowest BCUT2D eigenvalue weighted by Crippen LogP contribution is -2.37. The van der Waals surface area contributed by atoms with E-state index in [1.807, 2.05) is 19.1 Å². The molecule has 0 saturated carbocycles. The van der Waals surface area contributed by atoms with Crippen molar-refractivity contribution in [2.75, 3.05) is 20.2 Å². The number of nitrogens with zero attached hydrogens (tertiary/aromatic N) is 2. The van der Waals surface area contributed by atoms with Gasteiger partial charge in [-0.1, -0.05) is 12.1 Å². The molecule has 6 heteroatoms. The van der Waals surface area contributed by atoms with Crippen LogP contribution in [0.5, 0.6) is 5.75 Å². The highest BCUT2D eigenvalue weighted by Crippen LogP contribution is 2.17. The molecule has 2 N–H and O–H groups in total. The van der Waals surface area contributed by atoms with Crippen LogP contribution in [-0.2, 0) is 13.0 Å². The Kier molecular flexibility index (Phi) is 8.41. The maximum absolute atomic E-state index is 5.19. The Morgan fingerprint density at radius 2 is 1.92 bits per heavy atom. The van der Waals surface area contributed by atoms with E-state index in [9.17, 15) is 0 Å². The van der Waals surface area contributed by atoms with Crippen molar-refractivity contribution in [3.63, 3.8) is 0 Å². The third kappa shape index (κ3) is 6.67. The molecular weight excluding hydrogens is 344 g/mol. The van der Waals surface area contributed by atoms with Crippen molar-refractivity contribution in [3.8, 4) is 5.75 Å². The second-order valence-electron chi connectivity index (χ2n) is 6.18. The molecule has 0 aliphatic heterocycles. The van der Waals surface area contributed by atoms with E-state index in [1.165, 1.54) is 10.4 Å². The fourth-order valence-electron chi connectivity index (χ4n) is 2.55. The third-order valence-corrected chi connectivity index (χ3v) is 5.19. The standard InChI is InChI=1S/C20H30N4OS/c1-5-21-20(23-14-19-24-15(2)16(3)26-19)22-13-7-6-8-17-9-11-18(25-4)12-10-17/h9-12H,5-8,13-14H2,1-4H3,(H2,21,22,23). The smallest absolute Gasteiger partial charge is 0.191 e. The summed E-state index contributed by atoms with van der Waals surface area (Å²) in [5.74, 6) is 1.77. The molecule has 5 nitrogen and oxygen atoms in total. The second-order valence-corrected chi connectivity index (χ2v) is 7.46. The first kappa shape index (κ1) is 20.2. The molecule has 1 heterocycles. The molecule has 26 heavy (non-hydrogen) atoms. The molecule has 0 atom stereocenters. The van der Waals surface area contributed by atoms with Crippen molar-refractivity contribution in [1.29, 1.82) is 0 Å². The van der Waals surface area contributed by atoms with Crippen LogP contribution < -0.4 is 15.4 Å². The highest BCUT2D eigenvalue weighted by atomic mass is 32.1. The summed E-state index contributed by atoms with van der Waals surface area (Å²) >= 11 is 1.72. The highest BCUT2D eigenvalue weighted by molar-refractivity contribution is 7.11. The minimum absolute atomic E-state index is 0.626. The van der Waals surface area contributed by atoms with Crippen LogP contribution in [0.25, 0.3) is 0 Å². The number of aliphatic imine (C=N–C) groups is 1. The molecule has 0 spiro atoms. The average Bonchev–Trinajstić information content (AvgIpc) is 2.97. The molecule has 0 saturated heterocycles. The third-order valence-electron chi connectivity index (χ3n) is 4.13. The number of unbranched alkanes of at least 4 members (excludes halogenated alkanes) is 1. The molecule has 0 amide bonds. The number of methoxy groups -OCH3 is 1. The summed E-state index contributed by atoms with van der Waals surface area (Å²) in [6.45, 7) is 8.63. The molecule has 0 radical (unpaired) electrons. The Labute approximate surface area is 160 Å². The lowest BCUT2D eigenvalue weighted by molar-refractivity contribution is 0.414. The van der Waals surface area contributed by atoms with Gasteiger partial charge in [0.05, 0.1) is 19.3 Å². The quantitative estimate of drug-likeness (QED) is 0.398. The Morgan fingerprint density at radius 1 is 1.15 bits per heavy atom. The van der Waals surface area contributed by atoms with Crippen molar-refractivity contribution < 1.29 is 4.74 Å². The van der Waals surface area contributed by atoms with Gasteiger partial charge in [-0.05, 0) is 57.7 Å². The minimum Gasteiger partial charge on any atom is -0.497 e. The zero-order valence-corrected chi connectivity index (χ0v) is 17.1.